The van der Waals surface area contributed by atoms with Crippen molar-refractivity contribution in [1.29, 1.82) is 0 Å². The first-order valence-electron chi connectivity index (χ1n) is 11.3. The van der Waals surface area contributed by atoms with Gasteiger partial charge in [-0.3, -0.25) is 4.79 Å². The van der Waals surface area contributed by atoms with E-state index in [0.29, 0.717) is 35.9 Å². The molecule has 1 heterocycles. The van der Waals surface area contributed by atoms with Crippen molar-refractivity contribution < 1.29 is 9.90 Å². The molecule has 0 aromatic carbocycles. The van der Waals surface area contributed by atoms with Crippen molar-refractivity contribution in [3.8, 4) is 0 Å². The third-order valence-corrected chi connectivity index (χ3v) is 9.34. The molecule has 0 bridgehead atoms. The summed E-state index contributed by atoms with van der Waals surface area (Å²) in [5.74, 6) is 2.52. The van der Waals surface area contributed by atoms with Crippen LogP contribution in [0.1, 0.15) is 65.2 Å². The molecule has 0 radical (unpaired) electrons. The number of hydrogen-bond acceptors (Lipinski definition) is 3. The van der Waals surface area contributed by atoms with Gasteiger partial charge >= 0.3 is 0 Å². The highest BCUT2D eigenvalue weighted by atomic mass is 16.3. The van der Waals surface area contributed by atoms with E-state index in [0.717, 1.165) is 32.4 Å². The highest BCUT2D eigenvalue weighted by Gasteiger charge is 2.59. The Kier molecular flexibility index (Phi) is 4.22. The number of nitrogens with one attached hydrogen (secondary N) is 1. The van der Waals surface area contributed by atoms with Crippen molar-refractivity contribution in [2.75, 3.05) is 13.1 Å². The Morgan fingerprint density at radius 1 is 1.15 bits per heavy atom. The number of rotatable bonds is 1. The van der Waals surface area contributed by atoms with Gasteiger partial charge in [0.25, 0.3) is 0 Å². The lowest BCUT2D eigenvalue weighted by atomic mass is 9.46. The summed E-state index contributed by atoms with van der Waals surface area (Å²) in [5.41, 5.74) is 3.34. The quantitative estimate of drug-likeness (QED) is 0.686. The fourth-order valence-electron chi connectivity index (χ4n) is 7.82. The molecule has 1 aliphatic heterocycles. The summed E-state index contributed by atoms with van der Waals surface area (Å²) in [4.78, 5) is 12.0. The zero-order valence-electron chi connectivity index (χ0n) is 17.0. The van der Waals surface area contributed by atoms with E-state index in [1.165, 1.54) is 31.3 Å². The van der Waals surface area contributed by atoms with Crippen molar-refractivity contribution in [3.05, 3.63) is 23.3 Å². The number of allylic oxidation sites excluding steroid dienone is 2. The van der Waals surface area contributed by atoms with Crippen LogP contribution >= 0.6 is 0 Å². The van der Waals surface area contributed by atoms with Gasteiger partial charge in [0.05, 0.1) is 6.10 Å². The average molecular weight is 370 g/mol. The van der Waals surface area contributed by atoms with Crippen LogP contribution in [-0.2, 0) is 4.79 Å². The number of ketones is 1. The lowest BCUT2D eigenvalue weighted by Crippen LogP contribution is -2.54. The summed E-state index contributed by atoms with van der Waals surface area (Å²) in [5, 5.41) is 14.8. The summed E-state index contributed by atoms with van der Waals surface area (Å²) in [6.07, 6.45) is 12.8. The number of hydrogen-bond donors (Lipinski definition) is 2. The van der Waals surface area contributed by atoms with Crippen LogP contribution in [0, 0.1) is 34.5 Å². The predicted molar refractivity (Wildman–Crippen MR) is 107 cm³/mol. The summed E-state index contributed by atoms with van der Waals surface area (Å²) in [7, 11) is 0. The van der Waals surface area contributed by atoms with E-state index in [1.807, 2.05) is 0 Å². The number of fused-ring (bicyclic) bond motifs is 5. The Balaban J connectivity index is 1.47. The van der Waals surface area contributed by atoms with Crippen LogP contribution in [0.15, 0.2) is 23.3 Å². The highest BCUT2D eigenvalue weighted by molar-refractivity contribution is 5.82. The Bertz CT molecular complexity index is 703. The molecule has 148 valence electrons. The number of carbonyl (C=O) groups is 1. The molecule has 0 aromatic heterocycles. The summed E-state index contributed by atoms with van der Waals surface area (Å²) in [6, 6.07) is 0. The second kappa shape index (κ2) is 6.29. The molecule has 7 atom stereocenters. The van der Waals surface area contributed by atoms with Crippen LogP contribution in [0.25, 0.3) is 0 Å². The van der Waals surface area contributed by atoms with Gasteiger partial charge in [0.1, 0.15) is 5.78 Å². The van der Waals surface area contributed by atoms with E-state index in [2.05, 4.69) is 31.3 Å². The Labute approximate surface area is 163 Å². The minimum Gasteiger partial charge on any atom is -0.389 e. The van der Waals surface area contributed by atoms with Gasteiger partial charge in [0.2, 0.25) is 0 Å². The van der Waals surface area contributed by atoms with Gasteiger partial charge in [-0.15, -0.1) is 0 Å². The fourth-order valence-corrected chi connectivity index (χ4v) is 7.82. The number of aliphatic hydroxyl groups is 1. The van der Waals surface area contributed by atoms with Crippen molar-refractivity contribution >= 4 is 5.78 Å². The second-order valence-corrected chi connectivity index (χ2v) is 10.5. The van der Waals surface area contributed by atoms with E-state index >= 15 is 0 Å². The molecule has 5 aliphatic rings. The molecule has 2 saturated carbocycles. The first kappa shape index (κ1) is 18.1. The Morgan fingerprint density at radius 3 is 2.78 bits per heavy atom. The zero-order valence-corrected chi connectivity index (χ0v) is 17.0. The second-order valence-electron chi connectivity index (χ2n) is 10.5. The molecular weight excluding hydrogens is 334 g/mol. The predicted octanol–water partition coefficient (Wildman–Crippen LogP) is 4.03. The van der Waals surface area contributed by atoms with Crippen LogP contribution < -0.4 is 5.32 Å². The molecule has 3 heteroatoms. The molecule has 2 unspecified atom stereocenters. The Hall–Kier alpha value is -0.930. The minimum absolute atomic E-state index is 0.133. The molecule has 0 aromatic rings. The molecule has 4 aliphatic carbocycles. The van der Waals surface area contributed by atoms with Crippen LogP contribution in [0.4, 0.5) is 0 Å². The maximum atomic E-state index is 12.0. The number of Topliss-reactive ketones (excluding diaryl/α,β-unsaturated/α-hetero) is 1. The van der Waals surface area contributed by atoms with Gasteiger partial charge in [-0.25, -0.2) is 0 Å². The van der Waals surface area contributed by atoms with Crippen molar-refractivity contribution in [2.45, 2.75) is 71.3 Å². The van der Waals surface area contributed by atoms with Gasteiger partial charge in [0, 0.05) is 19.4 Å². The first-order chi connectivity index (χ1) is 12.9. The van der Waals surface area contributed by atoms with E-state index in [-0.39, 0.29) is 16.9 Å². The topological polar surface area (TPSA) is 49.3 Å². The maximum absolute atomic E-state index is 12.0. The smallest absolute Gasteiger partial charge is 0.136 e. The standard InChI is InChI=1S/C24H35NO2/c1-23-9-7-17(26)12-16(23)13-21(27)22-19-6-5-18(15-4-3-11-25-14-15)24(19,2)10-8-20(22)23/h5,13,15,19-22,25,27H,3-4,6-12,14H2,1-2H3/t15?,19-,20+,21?,22-,23-,24+/m0/s1. The molecule has 5 rings (SSSR count). The largest absolute Gasteiger partial charge is 0.389 e. The zero-order chi connectivity index (χ0) is 18.8. The third kappa shape index (κ3) is 2.57. The van der Waals surface area contributed by atoms with Crippen molar-refractivity contribution in [2.24, 2.45) is 34.5 Å². The van der Waals surface area contributed by atoms with Gasteiger partial charge in [0.15, 0.2) is 0 Å². The summed E-state index contributed by atoms with van der Waals surface area (Å²) < 4.78 is 0. The summed E-state index contributed by atoms with van der Waals surface area (Å²) in [6.45, 7) is 7.19. The highest BCUT2D eigenvalue weighted by Crippen LogP contribution is 2.65. The number of piperidine rings is 1. The molecular formula is C24H35NO2. The summed E-state index contributed by atoms with van der Waals surface area (Å²) >= 11 is 0. The lowest BCUT2D eigenvalue weighted by molar-refractivity contribution is -0.123. The first-order valence-corrected chi connectivity index (χ1v) is 11.3. The van der Waals surface area contributed by atoms with E-state index in [4.69, 9.17) is 0 Å². The van der Waals surface area contributed by atoms with Crippen LogP contribution in [0.3, 0.4) is 0 Å². The number of aliphatic hydroxyl groups excluding tert-OH is 1. The molecule has 27 heavy (non-hydrogen) atoms. The monoisotopic (exact) mass is 369 g/mol. The van der Waals surface area contributed by atoms with E-state index in [1.54, 1.807) is 5.57 Å². The lowest BCUT2D eigenvalue weighted by Gasteiger charge is -2.58. The maximum Gasteiger partial charge on any atom is 0.136 e. The van der Waals surface area contributed by atoms with Gasteiger partial charge in [-0.05, 0) is 79.6 Å². The van der Waals surface area contributed by atoms with Gasteiger partial charge < -0.3 is 10.4 Å². The van der Waals surface area contributed by atoms with Crippen molar-refractivity contribution in [3.63, 3.8) is 0 Å². The van der Waals surface area contributed by atoms with Crippen LogP contribution in [-0.4, -0.2) is 30.1 Å². The van der Waals surface area contributed by atoms with Crippen molar-refractivity contribution in [1.82, 2.24) is 5.32 Å². The molecule has 0 amide bonds. The third-order valence-electron chi connectivity index (χ3n) is 9.34. The molecule has 3 fully saturated rings. The van der Waals surface area contributed by atoms with Gasteiger partial charge in [-0.1, -0.05) is 37.1 Å². The molecule has 2 N–H and O–H groups in total. The average Bonchev–Trinajstić information content (AvgIpc) is 3.01. The fraction of sp³-hybridized carbons (Fsp3) is 0.792. The van der Waals surface area contributed by atoms with Crippen LogP contribution in [0.5, 0.6) is 0 Å². The van der Waals surface area contributed by atoms with E-state index in [9.17, 15) is 9.90 Å². The molecule has 1 saturated heterocycles. The minimum atomic E-state index is -0.370. The molecule has 0 spiro atoms. The molecule has 3 nitrogen and oxygen atoms in total. The Morgan fingerprint density at radius 2 is 2.00 bits per heavy atom. The van der Waals surface area contributed by atoms with Crippen LogP contribution in [0.2, 0.25) is 0 Å². The van der Waals surface area contributed by atoms with Gasteiger partial charge in [-0.2, -0.15) is 0 Å². The number of carbonyl (C=O) groups excluding carboxylic acids is 1. The SMILES string of the molecule is C[C@]12CCC(=O)CC1=CC(O)[C@@H]1[C@H]2CC[C@]2(C)C(C3CCCNC3)=CC[C@@H]12. The van der Waals surface area contributed by atoms with E-state index < -0.39 is 0 Å². The normalized spacial score (nSPS) is 49.6.